The van der Waals surface area contributed by atoms with E-state index in [1.165, 1.54) is 0 Å². The molecule has 0 saturated carbocycles. The van der Waals surface area contributed by atoms with Gasteiger partial charge in [0.15, 0.2) is 0 Å². The predicted octanol–water partition coefficient (Wildman–Crippen LogP) is 3.24. The second kappa shape index (κ2) is 6.05. The molecule has 3 nitrogen and oxygen atoms in total. The third-order valence-corrected chi connectivity index (χ3v) is 3.33. The van der Waals surface area contributed by atoms with Gasteiger partial charge in [0.05, 0.1) is 6.04 Å². The molecule has 2 rings (SSSR count). The normalized spacial score (nSPS) is 12.6. The number of hydrogen-bond donors (Lipinski definition) is 2. The Labute approximate surface area is 112 Å². The average molecular weight is 265 g/mol. The largest absolute Gasteiger partial charge is 0.464 e. The summed E-state index contributed by atoms with van der Waals surface area (Å²) < 4.78 is 5.71. The molecule has 3 N–H and O–H groups in total. The molecule has 0 radical (unpaired) electrons. The molecule has 1 aromatic carbocycles. The Morgan fingerprint density at radius 2 is 2.06 bits per heavy atom. The monoisotopic (exact) mass is 264 g/mol. The minimum absolute atomic E-state index is 0.0646. The van der Waals surface area contributed by atoms with Crippen molar-refractivity contribution < 1.29 is 4.42 Å². The van der Waals surface area contributed by atoms with Gasteiger partial charge in [0.25, 0.3) is 0 Å². The van der Waals surface area contributed by atoms with Crippen LogP contribution in [-0.4, -0.2) is 0 Å². The molecule has 96 valence electrons. The van der Waals surface area contributed by atoms with E-state index in [4.69, 9.17) is 21.9 Å². The van der Waals surface area contributed by atoms with Crippen molar-refractivity contribution in [3.63, 3.8) is 0 Å². The molecule has 1 aromatic heterocycles. The molecule has 0 fully saturated rings. The summed E-state index contributed by atoms with van der Waals surface area (Å²) in [4.78, 5) is 0. The van der Waals surface area contributed by atoms with Crippen LogP contribution in [0, 0.1) is 0 Å². The van der Waals surface area contributed by atoms with Crippen molar-refractivity contribution in [3.8, 4) is 0 Å². The van der Waals surface area contributed by atoms with Crippen LogP contribution in [0.4, 0.5) is 0 Å². The van der Waals surface area contributed by atoms with Gasteiger partial charge in [-0.2, -0.15) is 0 Å². The van der Waals surface area contributed by atoms with Crippen molar-refractivity contribution in [1.29, 1.82) is 0 Å². The fourth-order valence-electron chi connectivity index (χ4n) is 1.90. The Balaban J connectivity index is 2.17. The number of halogens is 1. The summed E-state index contributed by atoms with van der Waals surface area (Å²) in [5, 5.41) is 0.750. The second-order valence-corrected chi connectivity index (χ2v) is 4.58. The lowest BCUT2D eigenvalue weighted by Crippen LogP contribution is -2.29. The number of aryl methyl sites for hydroxylation is 1. The quantitative estimate of drug-likeness (QED) is 0.644. The topological polar surface area (TPSA) is 51.2 Å². The van der Waals surface area contributed by atoms with Crippen LogP contribution in [0.3, 0.4) is 0 Å². The highest BCUT2D eigenvalue weighted by Gasteiger charge is 2.15. The maximum atomic E-state index is 6.15. The molecular weight excluding hydrogens is 248 g/mol. The average Bonchev–Trinajstić information content (AvgIpc) is 2.86. The van der Waals surface area contributed by atoms with Crippen LogP contribution >= 0.6 is 11.6 Å². The first-order valence-corrected chi connectivity index (χ1v) is 6.40. The van der Waals surface area contributed by atoms with E-state index in [0.717, 1.165) is 28.5 Å². The molecule has 0 spiro atoms. The molecule has 1 atom stereocenters. The molecule has 0 aliphatic rings. The number of hydrazine groups is 1. The van der Waals surface area contributed by atoms with Crippen molar-refractivity contribution in [2.75, 3.05) is 0 Å². The lowest BCUT2D eigenvalue weighted by Gasteiger charge is -2.14. The number of nitrogens with one attached hydrogen (secondary N) is 1. The Kier molecular flexibility index (Phi) is 4.42. The zero-order valence-electron chi connectivity index (χ0n) is 10.3. The summed E-state index contributed by atoms with van der Waals surface area (Å²) in [5.74, 6) is 7.40. The van der Waals surface area contributed by atoms with Crippen molar-refractivity contribution in [1.82, 2.24) is 5.43 Å². The number of nitrogens with two attached hydrogens (primary N) is 1. The zero-order valence-corrected chi connectivity index (χ0v) is 11.1. The van der Waals surface area contributed by atoms with Crippen LogP contribution in [0.5, 0.6) is 0 Å². The first kappa shape index (κ1) is 13.1. The Morgan fingerprint density at radius 3 is 2.67 bits per heavy atom. The summed E-state index contributed by atoms with van der Waals surface area (Å²) in [7, 11) is 0. The van der Waals surface area contributed by atoms with Gasteiger partial charge in [-0.3, -0.25) is 5.84 Å². The number of benzene rings is 1. The third-order valence-electron chi connectivity index (χ3n) is 2.96. The van der Waals surface area contributed by atoms with E-state index < -0.39 is 0 Å². The van der Waals surface area contributed by atoms with Gasteiger partial charge in [-0.15, -0.1) is 0 Å². The van der Waals surface area contributed by atoms with Crippen LogP contribution in [0.2, 0.25) is 5.02 Å². The molecule has 0 aliphatic heterocycles. The predicted molar refractivity (Wildman–Crippen MR) is 73.3 cm³/mol. The summed E-state index contributed by atoms with van der Waals surface area (Å²) in [6, 6.07) is 11.6. The highest BCUT2D eigenvalue weighted by molar-refractivity contribution is 6.31. The van der Waals surface area contributed by atoms with Gasteiger partial charge in [0, 0.05) is 11.4 Å². The minimum atomic E-state index is -0.0646. The van der Waals surface area contributed by atoms with Gasteiger partial charge in [0.1, 0.15) is 11.5 Å². The van der Waals surface area contributed by atoms with Crippen LogP contribution in [0.1, 0.15) is 30.0 Å². The molecule has 18 heavy (non-hydrogen) atoms. The fraction of sp³-hybridized carbons (Fsp3) is 0.286. The van der Waals surface area contributed by atoms with Gasteiger partial charge in [0.2, 0.25) is 0 Å². The van der Waals surface area contributed by atoms with Gasteiger partial charge in [-0.25, -0.2) is 5.43 Å². The SMILES string of the molecule is CCc1ccc(C(Cc2ccccc2Cl)NN)o1. The van der Waals surface area contributed by atoms with E-state index in [0.29, 0.717) is 6.42 Å². The third kappa shape index (κ3) is 2.93. The van der Waals surface area contributed by atoms with Gasteiger partial charge in [-0.1, -0.05) is 36.7 Å². The molecule has 4 heteroatoms. The molecule has 2 aromatic rings. The van der Waals surface area contributed by atoms with Crippen LogP contribution in [0.15, 0.2) is 40.8 Å². The van der Waals surface area contributed by atoms with E-state index in [9.17, 15) is 0 Å². The fourth-order valence-corrected chi connectivity index (χ4v) is 2.11. The van der Waals surface area contributed by atoms with Crippen molar-refractivity contribution in [3.05, 3.63) is 58.5 Å². The Hall–Kier alpha value is -1.29. The lowest BCUT2D eigenvalue weighted by atomic mass is 10.0. The van der Waals surface area contributed by atoms with E-state index in [1.807, 2.05) is 36.4 Å². The number of rotatable bonds is 5. The molecule has 0 aliphatic carbocycles. The Morgan fingerprint density at radius 1 is 1.28 bits per heavy atom. The smallest absolute Gasteiger partial charge is 0.122 e. The molecule has 1 unspecified atom stereocenters. The van der Waals surface area contributed by atoms with E-state index in [1.54, 1.807) is 0 Å². The zero-order chi connectivity index (χ0) is 13.0. The van der Waals surface area contributed by atoms with Gasteiger partial charge >= 0.3 is 0 Å². The number of furan rings is 1. The van der Waals surface area contributed by atoms with Crippen molar-refractivity contribution >= 4 is 11.6 Å². The maximum Gasteiger partial charge on any atom is 0.122 e. The highest BCUT2D eigenvalue weighted by atomic mass is 35.5. The maximum absolute atomic E-state index is 6.15. The Bertz CT molecular complexity index is 510. The van der Waals surface area contributed by atoms with E-state index in [2.05, 4.69) is 12.3 Å². The molecule has 0 amide bonds. The first-order chi connectivity index (χ1) is 8.74. The van der Waals surface area contributed by atoms with Crippen LogP contribution < -0.4 is 11.3 Å². The molecule has 0 bridgehead atoms. The second-order valence-electron chi connectivity index (χ2n) is 4.17. The summed E-state index contributed by atoms with van der Waals surface area (Å²) >= 11 is 6.15. The van der Waals surface area contributed by atoms with Crippen LogP contribution in [0.25, 0.3) is 0 Å². The van der Waals surface area contributed by atoms with Crippen LogP contribution in [-0.2, 0) is 12.8 Å². The molecule has 1 heterocycles. The summed E-state index contributed by atoms with van der Waals surface area (Å²) in [6.45, 7) is 2.06. The molecule has 0 saturated heterocycles. The molecular formula is C14H17ClN2O. The van der Waals surface area contributed by atoms with Gasteiger partial charge in [-0.05, 0) is 30.2 Å². The lowest BCUT2D eigenvalue weighted by molar-refractivity contribution is 0.396. The standard InChI is InChI=1S/C14H17ClN2O/c1-2-11-7-8-14(18-11)13(17-16)9-10-5-3-4-6-12(10)15/h3-8,13,17H,2,9,16H2,1H3. The first-order valence-electron chi connectivity index (χ1n) is 6.02. The minimum Gasteiger partial charge on any atom is -0.464 e. The van der Waals surface area contributed by atoms with E-state index in [-0.39, 0.29) is 6.04 Å². The number of hydrogen-bond acceptors (Lipinski definition) is 3. The highest BCUT2D eigenvalue weighted by Crippen LogP contribution is 2.24. The summed E-state index contributed by atoms with van der Waals surface area (Å²) in [5.41, 5.74) is 3.83. The summed E-state index contributed by atoms with van der Waals surface area (Å²) in [6.07, 6.45) is 1.58. The van der Waals surface area contributed by atoms with Crippen molar-refractivity contribution in [2.45, 2.75) is 25.8 Å². The van der Waals surface area contributed by atoms with Gasteiger partial charge < -0.3 is 4.42 Å². The van der Waals surface area contributed by atoms with Crippen molar-refractivity contribution in [2.24, 2.45) is 5.84 Å². The van der Waals surface area contributed by atoms with E-state index >= 15 is 0 Å².